The molecule has 0 atom stereocenters. The normalized spacial score (nSPS) is 16.1. The van der Waals surface area contributed by atoms with Crippen LogP contribution in [0.4, 0.5) is 34.1 Å². The Morgan fingerprint density at radius 3 is 1.63 bits per heavy atom. The van der Waals surface area contributed by atoms with Gasteiger partial charge in [0.25, 0.3) is 0 Å². The first kappa shape index (κ1) is 32.8. The lowest BCUT2D eigenvalue weighted by Crippen LogP contribution is -2.38. The smallest absolute Gasteiger partial charge is 0.0543 e. The number of para-hydroxylation sites is 2. The molecule has 0 saturated carbocycles. The first-order valence-corrected chi connectivity index (χ1v) is 19.4. The van der Waals surface area contributed by atoms with Crippen molar-refractivity contribution in [2.75, 3.05) is 9.80 Å². The van der Waals surface area contributed by atoms with E-state index in [1.54, 1.807) is 0 Å². The summed E-state index contributed by atoms with van der Waals surface area (Å²) in [6.45, 7) is 16.4. The quantitative estimate of drug-likeness (QED) is 0.181. The van der Waals surface area contributed by atoms with Gasteiger partial charge in [0.05, 0.1) is 17.1 Å². The lowest BCUT2D eigenvalue weighted by atomic mass is 9.66. The van der Waals surface area contributed by atoms with E-state index in [0.29, 0.717) is 0 Å². The Labute approximate surface area is 320 Å². The number of aryl methyl sites for hydroxylation is 1. The summed E-state index contributed by atoms with van der Waals surface area (Å²) >= 11 is 0. The predicted octanol–water partition coefficient (Wildman–Crippen LogP) is 14.2. The van der Waals surface area contributed by atoms with Crippen molar-refractivity contribution in [2.45, 2.75) is 64.7 Å². The molecule has 0 bridgehead atoms. The summed E-state index contributed by atoms with van der Waals surface area (Å²) in [4.78, 5) is 4.96. The molecule has 0 aromatic heterocycles. The Morgan fingerprint density at radius 1 is 0.389 bits per heavy atom. The van der Waals surface area contributed by atoms with E-state index >= 15 is 0 Å². The number of nitrogens with zero attached hydrogens (tertiary/aromatic N) is 2. The highest BCUT2D eigenvalue weighted by atomic mass is 15.2. The topological polar surface area (TPSA) is 6.48 Å². The lowest BCUT2D eigenvalue weighted by molar-refractivity contribution is 0.597. The van der Waals surface area contributed by atoms with Gasteiger partial charge < -0.3 is 9.80 Å². The van der Waals surface area contributed by atoms with Gasteiger partial charge in [-0.05, 0) is 117 Å². The second-order valence-corrected chi connectivity index (χ2v) is 17.2. The third kappa shape index (κ3) is 4.53. The SMILES string of the molecule is Cc1ccc(N(c2ccc(-c3ccc4c(c3)C(C)(C)c3ccccc3-4)cc2)c2ccc3c(c2)C(C)(C)c2cccc4c2N3c2ccccc2C4(C)C)cc1. The molecule has 0 unspecified atom stereocenters. The van der Waals surface area contributed by atoms with Crippen molar-refractivity contribution in [1.82, 2.24) is 0 Å². The third-order valence-corrected chi connectivity index (χ3v) is 12.9. The molecule has 10 rings (SSSR count). The van der Waals surface area contributed by atoms with Gasteiger partial charge in [-0.3, -0.25) is 0 Å². The highest BCUT2D eigenvalue weighted by molar-refractivity contribution is 5.94. The van der Waals surface area contributed by atoms with Crippen molar-refractivity contribution >= 4 is 34.1 Å². The van der Waals surface area contributed by atoms with Crippen LogP contribution in [0.15, 0.2) is 152 Å². The molecular weight excluding hydrogens is 653 g/mol. The third-order valence-electron chi connectivity index (χ3n) is 12.9. The zero-order valence-electron chi connectivity index (χ0n) is 32.3. The molecule has 0 spiro atoms. The minimum atomic E-state index is -0.209. The zero-order valence-corrected chi connectivity index (χ0v) is 32.3. The average Bonchev–Trinajstić information content (AvgIpc) is 3.41. The molecule has 0 saturated heterocycles. The average molecular weight is 699 g/mol. The maximum atomic E-state index is 2.54. The fourth-order valence-electron chi connectivity index (χ4n) is 9.84. The van der Waals surface area contributed by atoms with Crippen molar-refractivity contribution < 1.29 is 0 Å². The van der Waals surface area contributed by atoms with Crippen molar-refractivity contribution in [3.8, 4) is 22.3 Å². The molecule has 2 heterocycles. The van der Waals surface area contributed by atoms with Crippen molar-refractivity contribution in [2.24, 2.45) is 0 Å². The van der Waals surface area contributed by atoms with Gasteiger partial charge in [0.15, 0.2) is 0 Å². The van der Waals surface area contributed by atoms with Crippen LogP contribution in [0.5, 0.6) is 0 Å². The van der Waals surface area contributed by atoms with Gasteiger partial charge in [-0.1, -0.05) is 144 Å². The lowest BCUT2D eigenvalue weighted by Gasteiger charge is -2.49. The molecular formula is C52H46N2. The van der Waals surface area contributed by atoms with Gasteiger partial charge in [0.2, 0.25) is 0 Å². The number of fused-ring (bicyclic) bond motifs is 7. The monoisotopic (exact) mass is 698 g/mol. The molecule has 0 radical (unpaired) electrons. The van der Waals surface area contributed by atoms with Crippen LogP contribution >= 0.6 is 0 Å². The summed E-state index contributed by atoms with van der Waals surface area (Å²) < 4.78 is 0. The van der Waals surface area contributed by atoms with Crippen LogP contribution in [-0.4, -0.2) is 0 Å². The Kier molecular flexibility index (Phi) is 6.87. The predicted molar refractivity (Wildman–Crippen MR) is 228 cm³/mol. The van der Waals surface area contributed by atoms with E-state index in [4.69, 9.17) is 0 Å². The Hall–Kier alpha value is -5.86. The van der Waals surface area contributed by atoms with Crippen LogP contribution in [0.2, 0.25) is 0 Å². The summed E-state index contributed by atoms with van der Waals surface area (Å²) in [5, 5.41) is 0. The summed E-state index contributed by atoms with van der Waals surface area (Å²) in [5.41, 5.74) is 21.7. The van der Waals surface area contributed by atoms with Gasteiger partial charge in [0, 0.05) is 33.3 Å². The van der Waals surface area contributed by atoms with Crippen LogP contribution in [-0.2, 0) is 16.2 Å². The molecule has 2 nitrogen and oxygen atoms in total. The Bertz CT molecular complexity index is 2640. The largest absolute Gasteiger partial charge is 0.310 e. The Morgan fingerprint density at radius 2 is 0.907 bits per heavy atom. The summed E-state index contributed by atoms with van der Waals surface area (Å²) in [6, 6.07) is 57.0. The van der Waals surface area contributed by atoms with E-state index in [2.05, 4.69) is 210 Å². The molecule has 0 N–H and O–H groups in total. The molecule has 7 aromatic carbocycles. The zero-order chi connectivity index (χ0) is 37.1. The minimum Gasteiger partial charge on any atom is -0.310 e. The van der Waals surface area contributed by atoms with Crippen LogP contribution < -0.4 is 9.80 Å². The first-order chi connectivity index (χ1) is 26.0. The molecule has 264 valence electrons. The minimum absolute atomic E-state index is 0.0289. The molecule has 7 aromatic rings. The number of benzene rings is 7. The van der Waals surface area contributed by atoms with Gasteiger partial charge in [0.1, 0.15) is 0 Å². The summed E-state index contributed by atoms with van der Waals surface area (Å²) in [6.07, 6.45) is 0. The van der Waals surface area contributed by atoms with Gasteiger partial charge in [-0.25, -0.2) is 0 Å². The van der Waals surface area contributed by atoms with E-state index < -0.39 is 0 Å². The molecule has 0 fully saturated rings. The van der Waals surface area contributed by atoms with Gasteiger partial charge in [-0.2, -0.15) is 0 Å². The van der Waals surface area contributed by atoms with Gasteiger partial charge in [-0.15, -0.1) is 0 Å². The standard InChI is InChI=1S/C52H46N2/c1-33-19-24-36(25-20-33)53(37-26-21-34(22-27-37)35-23-29-40-39-13-8-9-14-41(39)50(2,3)45(40)31-35)38-28-30-48-46(32-38)52(6,7)44-17-12-16-43-49(44)54(48)47-18-11-10-15-42(47)51(43,4)5/h8-32H,1-7H3. The van der Waals surface area contributed by atoms with Gasteiger partial charge >= 0.3 is 0 Å². The van der Waals surface area contributed by atoms with E-state index in [1.165, 1.54) is 78.3 Å². The van der Waals surface area contributed by atoms with E-state index in [9.17, 15) is 0 Å². The molecule has 3 aliphatic rings. The number of rotatable bonds is 4. The Balaban J connectivity index is 1.09. The highest BCUT2D eigenvalue weighted by Gasteiger charge is 2.45. The highest BCUT2D eigenvalue weighted by Crippen LogP contribution is 2.60. The van der Waals surface area contributed by atoms with E-state index in [-0.39, 0.29) is 16.2 Å². The number of hydrogen-bond acceptors (Lipinski definition) is 2. The van der Waals surface area contributed by atoms with Crippen LogP contribution in [0.3, 0.4) is 0 Å². The van der Waals surface area contributed by atoms with Crippen LogP contribution in [0.25, 0.3) is 22.3 Å². The van der Waals surface area contributed by atoms with Crippen LogP contribution in [0.1, 0.15) is 80.5 Å². The van der Waals surface area contributed by atoms with Crippen molar-refractivity contribution in [1.29, 1.82) is 0 Å². The van der Waals surface area contributed by atoms with E-state index in [0.717, 1.165) is 17.1 Å². The number of hydrogen-bond donors (Lipinski definition) is 0. The summed E-state index contributed by atoms with van der Waals surface area (Å²) in [5.74, 6) is 0. The van der Waals surface area contributed by atoms with Crippen molar-refractivity contribution in [3.05, 3.63) is 191 Å². The van der Waals surface area contributed by atoms with Crippen molar-refractivity contribution in [3.63, 3.8) is 0 Å². The molecule has 1 aliphatic carbocycles. The fourth-order valence-corrected chi connectivity index (χ4v) is 9.84. The maximum Gasteiger partial charge on any atom is 0.0543 e. The fraction of sp³-hybridized carbons (Fsp3) is 0.192. The molecule has 54 heavy (non-hydrogen) atoms. The molecule has 2 aliphatic heterocycles. The number of anilines is 6. The first-order valence-electron chi connectivity index (χ1n) is 19.4. The van der Waals surface area contributed by atoms with Crippen LogP contribution in [0, 0.1) is 6.92 Å². The molecule has 2 heteroatoms. The second-order valence-electron chi connectivity index (χ2n) is 17.2. The maximum absolute atomic E-state index is 2.54. The molecule has 0 amide bonds. The second kappa shape index (κ2) is 11.3. The summed E-state index contributed by atoms with van der Waals surface area (Å²) in [7, 11) is 0. The van der Waals surface area contributed by atoms with E-state index in [1.807, 2.05) is 0 Å².